The highest BCUT2D eigenvalue weighted by Gasteiger charge is 2.43. The number of nitrogens with zero attached hydrogens (tertiary/aromatic N) is 5. The molecule has 2 aliphatic heterocycles. The number of hydrogen-bond donors (Lipinski definition) is 3. The highest BCUT2D eigenvalue weighted by molar-refractivity contribution is 5.98. The summed E-state index contributed by atoms with van der Waals surface area (Å²) in [5.74, 6) is -1.96. The Morgan fingerprint density at radius 2 is 1.78 bits per heavy atom. The highest BCUT2D eigenvalue weighted by Crippen LogP contribution is 2.29. The average molecular weight is 559 g/mol. The molecule has 0 saturated carbocycles. The predicted octanol–water partition coefficient (Wildman–Crippen LogP) is 0.935. The fourth-order valence-corrected chi connectivity index (χ4v) is 5.27. The Morgan fingerprint density at radius 1 is 1.00 bits per heavy atom. The van der Waals surface area contributed by atoms with Gasteiger partial charge in [0.05, 0.1) is 18.8 Å². The zero-order valence-electron chi connectivity index (χ0n) is 23.3. The number of likely N-dealkylation sites (tertiary alicyclic amines) is 1. The Kier molecular flexibility index (Phi) is 8.09. The third-order valence-electron chi connectivity index (χ3n) is 7.49. The lowest BCUT2D eigenvalue weighted by atomic mass is 10.00. The van der Waals surface area contributed by atoms with Crippen molar-refractivity contribution in [3.63, 3.8) is 0 Å². The van der Waals surface area contributed by atoms with E-state index in [1.165, 1.54) is 4.90 Å². The van der Waals surface area contributed by atoms with Crippen molar-refractivity contribution in [3.8, 4) is 0 Å². The Balaban J connectivity index is 1.47. The summed E-state index contributed by atoms with van der Waals surface area (Å²) in [6.45, 7) is 5.75. The van der Waals surface area contributed by atoms with Gasteiger partial charge in [-0.15, -0.1) is 5.10 Å². The number of carbonyl (C=O) groups is 4. The van der Waals surface area contributed by atoms with Gasteiger partial charge in [-0.2, -0.15) is 0 Å². The molecule has 214 valence electrons. The second kappa shape index (κ2) is 11.9. The largest absolute Gasteiger partial charge is 0.349 e. The van der Waals surface area contributed by atoms with Crippen molar-refractivity contribution in [2.24, 2.45) is 5.92 Å². The molecule has 41 heavy (non-hydrogen) atoms. The third kappa shape index (κ3) is 6.26. The minimum absolute atomic E-state index is 0.108. The molecular formula is C29H34N8O4. The number of nitrogens with one attached hydrogen (secondary N) is 3. The van der Waals surface area contributed by atoms with Gasteiger partial charge in [0, 0.05) is 25.1 Å². The first-order valence-electron chi connectivity index (χ1n) is 13.8. The summed E-state index contributed by atoms with van der Waals surface area (Å²) in [5, 5.41) is 17.0. The van der Waals surface area contributed by atoms with Crippen LogP contribution in [0.3, 0.4) is 0 Å². The number of hydrogen-bond acceptors (Lipinski definition) is 7. The number of amides is 4. The van der Waals surface area contributed by atoms with Crippen LogP contribution in [0, 0.1) is 12.8 Å². The summed E-state index contributed by atoms with van der Waals surface area (Å²) in [6.07, 6.45) is 2.25. The van der Waals surface area contributed by atoms with Crippen LogP contribution in [0.1, 0.15) is 53.7 Å². The van der Waals surface area contributed by atoms with Crippen LogP contribution in [0.2, 0.25) is 0 Å². The molecule has 12 nitrogen and oxygen atoms in total. The molecule has 3 aromatic rings. The fraction of sp³-hybridized carbons (Fsp3) is 0.414. The number of aryl methyl sites for hydroxylation is 1. The number of pyridine rings is 1. The maximum absolute atomic E-state index is 13.8. The van der Waals surface area contributed by atoms with Crippen LogP contribution >= 0.6 is 0 Å². The molecule has 5 rings (SSSR count). The van der Waals surface area contributed by atoms with E-state index >= 15 is 0 Å². The molecule has 1 aromatic carbocycles. The number of aromatic nitrogens is 4. The van der Waals surface area contributed by atoms with Crippen molar-refractivity contribution in [3.05, 3.63) is 77.4 Å². The standard InChI is InChI=1S/C29H34N8O4/c1-17(2)25-28(40)32-23(12-19-9-5-4-6-10-19)26(38)30-14-20-15-37(35-34-20)21-13-24(27(39)33-25)36(16-21)29(41)22-11-7-8-18(3)31-22/h4-11,15,17,21,23-25H,12-14,16H2,1-3H3,(H,30,38)(H,32,40)(H,33,39)/t21-,23+,24-,25-/m0/s1. The number of fused-ring (bicyclic) bond motifs is 5. The Morgan fingerprint density at radius 3 is 2.51 bits per heavy atom. The van der Waals surface area contributed by atoms with Gasteiger partial charge in [-0.05, 0) is 30.5 Å². The minimum atomic E-state index is -0.927. The summed E-state index contributed by atoms with van der Waals surface area (Å²) >= 11 is 0. The first-order chi connectivity index (χ1) is 19.7. The molecule has 4 atom stereocenters. The molecule has 2 aliphatic rings. The first kappa shape index (κ1) is 27.9. The molecule has 4 bridgehead atoms. The summed E-state index contributed by atoms with van der Waals surface area (Å²) in [7, 11) is 0. The van der Waals surface area contributed by atoms with E-state index in [-0.39, 0.29) is 55.4 Å². The van der Waals surface area contributed by atoms with E-state index in [4.69, 9.17) is 0 Å². The minimum Gasteiger partial charge on any atom is -0.349 e. The van der Waals surface area contributed by atoms with Crippen LogP contribution < -0.4 is 16.0 Å². The molecule has 2 aromatic heterocycles. The topological polar surface area (TPSA) is 151 Å². The lowest BCUT2D eigenvalue weighted by Crippen LogP contribution is -2.58. The van der Waals surface area contributed by atoms with Crippen LogP contribution in [0.15, 0.2) is 54.7 Å². The maximum Gasteiger partial charge on any atom is 0.273 e. The Labute approximate surface area is 237 Å². The van der Waals surface area contributed by atoms with Crippen LogP contribution in [-0.2, 0) is 27.3 Å². The zero-order chi connectivity index (χ0) is 29.1. The van der Waals surface area contributed by atoms with Gasteiger partial charge in [-0.25, -0.2) is 9.67 Å². The van der Waals surface area contributed by atoms with Gasteiger partial charge in [-0.3, -0.25) is 19.2 Å². The highest BCUT2D eigenvalue weighted by atomic mass is 16.2. The van der Waals surface area contributed by atoms with Crippen LogP contribution in [-0.4, -0.2) is 73.2 Å². The lowest BCUT2D eigenvalue weighted by Gasteiger charge is -2.28. The molecule has 0 unspecified atom stereocenters. The number of benzene rings is 1. The van der Waals surface area contributed by atoms with Crippen LogP contribution in [0.25, 0.3) is 0 Å². The Hall–Kier alpha value is -4.61. The average Bonchev–Trinajstić information content (AvgIpc) is 3.61. The molecule has 1 saturated heterocycles. The molecule has 0 aliphatic carbocycles. The van der Waals surface area contributed by atoms with E-state index in [0.29, 0.717) is 11.4 Å². The monoisotopic (exact) mass is 558 g/mol. The smallest absolute Gasteiger partial charge is 0.273 e. The van der Waals surface area contributed by atoms with Gasteiger partial charge in [0.2, 0.25) is 17.7 Å². The van der Waals surface area contributed by atoms with Crippen LogP contribution in [0.4, 0.5) is 0 Å². The molecule has 3 N–H and O–H groups in total. The van der Waals surface area contributed by atoms with E-state index in [1.54, 1.807) is 36.0 Å². The lowest BCUT2D eigenvalue weighted by molar-refractivity contribution is -0.134. The van der Waals surface area contributed by atoms with Crippen LogP contribution in [0.5, 0.6) is 0 Å². The summed E-state index contributed by atoms with van der Waals surface area (Å²) in [4.78, 5) is 60.0. The maximum atomic E-state index is 13.8. The Bertz CT molecular complexity index is 1440. The van der Waals surface area contributed by atoms with Crippen molar-refractivity contribution >= 4 is 23.6 Å². The fourth-order valence-electron chi connectivity index (χ4n) is 5.27. The molecule has 4 amide bonds. The summed E-state index contributed by atoms with van der Waals surface area (Å²) < 4.78 is 1.63. The second-order valence-corrected chi connectivity index (χ2v) is 10.9. The van der Waals surface area contributed by atoms with E-state index < -0.39 is 29.9 Å². The molecule has 0 spiro atoms. The summed E-state index contributed by atoms with van der Waals surface area (Å²) in [5.41, 5.74) is 2.32. The van der Waals surface area contributed by atoms with Gasteiger partial charge in [-0.1, -0.05) is 55.5 Å². The molecule has 0 radical (unpaired) electrons. The normalized spacial score (nSPS) is 23.3. The number of carbonyl (C=O) groups excluding carboxylic acids is 4. The molecule has 12 heteroatoms. The van der Waals surface area contributed by atoms with Gasteiger partial charge >= 0.3 is 0 Å². The van der Waals surface area contributed by atoms with Crippen molar-refractivity contribution in [2.75, 3.05) is 6.54 Å². The first-order valence-corrected chi connectivity index (χ1v) is 13.8. The van der Waals surface area contributed by atoms with E-state index in [9.17, 15) is 19.2 Å². The van der Waals surface area contributed by atoms with E-state index in [0.717, 1.165) is 5.56 Å². The molecule has 4 heterocycles. The second-order valence-electron chi connectivity index (χ2n) is 10.9. The van der Waals surface area contributed by atoms with Gasteiger partial charge in [0.15, 0.2) is 0 Å². The van der Waals surface area contributed by atoms with E-state index in [1.807, 2.05) is 44.2 Å². The third-order valence-corrected chi connectivity index (χ3v) is 7.49. The molecule has 1 fully saturated rings. The zero-order valence-corrected chi connectivity index (χ0v) is 23.3. The van der Waals surface area contributed by atoms with Crippen molar-refractivity contribution in [1.29, 1.82) is 0 Å². The quantitative estimate of drug-likeness (QED) is 0.431. The van der Waals surface area contributed by atoms with Gasteiger partial charge in [0.1, 0.15) is 29.5 Å². The summed E-state index contributed by atoms with van der Waals surface area (Å²) in [6, 6.07) is 11.5. The van der Waals surface area contributed by atoms with Crippen molar-refractivity contribution in [1.82, 2.24) is 40.8 Å². The molecular weight excluding hydrogens is 524 g/mol. The van der Waals surface area contributed by atoms with Gasteiger partial charge < -0.3 is 20.9 Å². The predicted molar refractivity (Wildman–Crippen MR) is 148 cm³/mol. The van der Waals surface area contributed by atoms with Gasteiger partial charge in [0.25, 0.3) is 5.91 Å². The number of rotatable bonds is 4. The van der Waals surface area contributed by atoms with Crippen molar-refractivity contribution < 1.29 is 19.2 Å². The van der Waals surface area contributed by atoms with Crippen molar-refractivity contribution in [2.45, 2.75) is 64.3 Å². The van der Waals surface area contributed by atoms with E-state index in [2.05, 4.69) is 31.2 Å². The SMILES string of the molecule is Cc1cccc(C(=O)N2C[C@@H]3C[C@H]2C(=O)N[C@@H](C(C)C)C(=O)N[C@H](Cc2ccccc2)C(=O)NCc2cn3nn2)n1.